The van der Waals surface area contributed by atoms with Crippen molar-refractivity contribution in [2.24, 2.45) is 4.99 Å². The van der Waals surface area contributed by atoms with Crippen LogP contribution in [0.3, 0.4) is 0 Å². The van der Waals surface area contributed by atoms with Crippen LogP contribution in [0.2, 0.25) is 0 Å². The van der Waals surface area contributed by atoms with Crippen molar-refractivity contribution in [1.82, 2.24) is 4.57 Å². The van der Waals surface area contributed by atoms with Crippen LogP contribution in [0.5, 0.6) is 5.75 Å². The Morgan fingerprint density at radius 3 is 2.91 bits per heavy atom. The number of carbonyl (C=O) groups is 1. The molecule has 0 bridgehead atoms. The van der Waals surface area contributed by atoms with E-state index in [2.05, 4.69) is 4.99 Å². The molecule has 0 spiro atoms. The van der Waals surface area contributed by atoms with Gasteiger partial charge in [-0.05, 0) is 49.1 Å². The van der Waals surface area contributed by atoms with E-state index in [1.165, 1.54) is 22.7 Å². The van der Waals surface area contributed by atoms with Crippen molar-refractivity contribution < 1.29 is 14.3 Å². The van der Waals surface area contributed by atoms with Gasteiger partial charge in [-0.15, -0.1) is 11.3 Å². The van der Waals surface area contributed by atoms with Crippen molar-refractivity contribution in [3.05, 3.63) is 83.2 Å². The molecule has 7 nitrogen and oxygen atoms in total. The van der Waals surface area contributed by atoms with E-state index in [1.807, 2.05) is 29.6 Å². The maximum Gasteiger partial charge on any atom is 0.338 e. The van der Waals surface area contributed by atoms with Gasteiger partial charge in [0.05, 0.1) is 22.4 Å². The molecular weight excluding hydrogens is 446 g/mol. The van der Waals surface area contributed by atoms with Crippen LogP contribution < -0.4 is 19.6 Å². The first-order valence-electron chi connectivity index (χ1n) is 9.86. The molecule has 1 aromatic carbocycles. The number of esters is 1. The number of aromatic nitrogens is 1. The Morgan fingerprint density at radius 1 is 1.34 bits per heavy atom. The molecule has 2 aromatic heterocycles. The van der Waals surface area contributed by atoms with E-state index in [1.54, 1.807) is 42.7 Å². The lowest BCUT2D eigenvalue weighted by Crippen LogP contribution is -2.39. The van der Waals surface area contributed by atoms with Gasteiger partial charge in [0.25, 0.3) is 5.56 Å². The molecule has 9 heteroatoms. The third-order valence-electron chi connectivity index (χ3n) is 4.79. The van der Waals surface area contributed by atoms with E-state index >= 15 is 0 Å². The zero-order chi connectivity index (χ0) is 22.7. The minimum atomic E-state index is -0.585. The fourth-order valence-electron chi connectivity index (χ4n) is 3.47. The molecule has 3 heterocycles. The molecule has 0 fully saturated rings. The quantitative estimate of drug-likeness (QED) is 0.522. The Balaban J connectivity index is 1.86. The molecule has 0 saturated heterocycles. The number of fused-ring (bicyclic) bond motifs is 1. The minimum absolute atomic E-state index is 0.0532. The first-order valence-corrected chi connectivity index (χ1v) is 11.6. The van der Waals surface area contributed by atoms with E-state index in [9.17, 15) is 9.59 Å². The number of nitrogens with zero attached hydrogens (tertiary/aromatic N) is 3. The molecule has 3 aromatic rings. The van der Waals surface area contributed by atoms with Crippen LogP contribution in [0, 0.1) is 11.3 Å². The van der Waals surface area contributed by atoms with Gasteiger partial charge in [-0.3, -0.25) is 9.36 Å². The maximum atomic E-state index is 13.5. The Hall–Kier alpha value is -3.48. The summed E-state index contributed by atoms with van der Waals surface area (Å²) >= 11 is 2.74. The van der Waals surface area contributed by atoms with Gasteiger partial charge < -0.3 is 9.47 Å². The van der Waals surface area contributed by atoms with Gasteiger partial charge in [0, 0.05) is 4.88 Å². The van der Waals surface area contributed by atoms with Crippen LogP contribution in [0.4, 0.5) is 0 Å². The highest BCUT2D eigenvalue weighted by Gasteiger charge is 2.33. The van der Waals surface area contributed by atoms with Gasteiger partial charge in [0.1, 0.15) is 17.9 Å². The third-order valence-corrected chi connectivity index (χ3v) is 6.70. The predicted octanol–water partition coefficient (Wildman–Crippen LogP) is 2.76. The lowest BCUT2D eigenvalue weighted by molar-refractivity contribution is -0.139. The number of allylic oxidation sites excluding steroid dienone is 1. The van der Waals surface area contributed by atoms with Crippen LogP contribution in [0.1, 0.15) is 30.3 Å². The first-order chi connectivity index (χ1) is 15.5. The molecule has 4 rings (SSSR count). The minimum Gasteiger partial charge on any atom is -0.479 e. The second kappa shape index (κ2) is 9.34. The van der Waals surface area contributed by atoms with Crippen molar-refractivity contribution in [2.45, 2.75) is 19.9 Å². The number of rotatable bonds is 6. The monoisotopic (exact) mass is 465 g/mol. The van der Waals surface area contributed by atoms with Crippen molar-refractivity contribution >= 4 is 34.7 Å². The predicted molar refractivity (Wildman–Crippen MR) is 122 cm³/mol. The number of carbonyl (C=O) groups excluding carboxylic acids is 1. The Labute approximate surface area is 191 Å². The smallest absolute Gasteiger partial charge is 0.338 e. The largest absolute Gasteiger partial charge is 0.479 e. The summed E-state index contributed by atoms with van der Waals surface area (Å²) in [5, 5.41) is 10.6. The van der Waals surface area contributed by atoms with E-state index in [4.69, 9.17) is 14.7 Å². The normalized spacial score (nSPS) is 15.7. The summed E-state index contributed by atoms with van der Waals surface area (Å²) in [5.41, 5.74) is 1.45. The summed E-state index contributed by atoms with van der Waals surface area (Å²) in [4.78, 5) is 32.2. The number of benzene rings is 1. The summed E-state index contributed by atoms with van der Waals surface area (Å²) in [6, 6.07) is 12.3. The van der Waals surface area contributed by atoms with Crippen molar-refractivity contribution in [3.8, 4) is 11.8 Å². The highest BCUT2D eigenvalue weighted by Crippen LogP contribution is 2.33. The summed E-state index contributed by atoms with van der Waals surface area (Å²) in [5.74, 6) is 0.0775. The van der Waals surface area contributed by atoms with E-state index in [-0.39, 0.29) is 18.8 Å². The van der Waals surface area contributed by atoms with Crippen molar-refractivity contribution in [2.75, 3.05) is 13.2 Å². The van der Waals surface area contributed by atoms with Gasteiger partial charge in [-0.25, -0.2) is 9.79 Å². The van der Waals surface area contributed by atoms with Crippen LogP contribution >= 0.6 is 22.7 Å². The van der Waals surface area contributed by atoms with Gasteiger partial charge in [-0.1, -0.05) is 29.5 Å². The van der Waals surface area contributed by atoms with Gasteiger partial charge >= 0.3 is 5.97 Å². The molecule has 1 atom stereocenters. The summed E-state index contributed by atoms with van der Waals surface area (Å²) in [7, 11) is 0. The Kier molecular flexibility index (Phi) is 6.35. The first kappa shape index (κ1) is 21.7. The third kappa shape index (κ3) is 4.15. The standard InChI is InChI=1S/C23H19N3O4S2/c1-3-29-22(28)19-14(2)25-23-26(20(19)17-8-5-11-31-17)21(27)18(32-23)13-15-6-4-7-16(12-15)30-10-9-24/h4-8,11-13,20H,3,10H2,1-2H3/b18-13-/t20-/m1/s1. The van der Waals surface area contributed by atoms with Crippen molar-refractivity contribution in [1.29, 1.82) is 5.26 Å². The van der Waals surface area contributed by atoms with E-state index in [0.29, 0.717) is 26.4 Å². The highest BCUT2D eigenvalue weighted by atomic mass is 32.1. The van der Waals surface area contributed by atoms with Crippen LogP contribution in [-0.2, 0) is 9.53 Å². The topological polar surface area (TPSA) is 93.7 Å². The van der Waals surface area contributed by atoms with E-state index in [0.717, 1.165) is 10.4 Å². The molecule has 0 radical (unpaired) electrons. The molecule has 1 aliphatic heterocycles. The van der Waals surface area contributed by atoms with Crippen LogP contribution in [0.15, 0.2) is 62.8 Å². The number of hydrogen-bond acceptors (Lipinski definition) is 8. The fourth-order valence-corrected chi connectivity index (χ4v) is 5.34. The van der Waals surface area contributed by atoms with Gasteiger partial charge in [0.2, 0.25) is 0 Å². The second-order valence-corrected chi connectivity index (χ2v) is 8.83. The number of nitriles is 1. The van der Waals surface area contributed by atoms with Crippen LogP contribution in [0.25, 0.3) is 6.08 Å². The fraction of sp³-hybridized carbons (Fsp3) is 0.217. The molecule has 162 valence electrons. The summed E-state index contributed by atoms with van der Waals surface area (Å²) in [6.07, 6.45) is 1.76. The lowest BCUT2D eigenvalue weighted by atomic mass is 10.0. The summed E-state index contributed by atoms with van der Waals surface area (Å²) in [6.45, 7) is 3.70. The average molecular weight is 466 g/mol. The molecule has 32 heavy (non-hydrogen) atoms. The number of ether oxygens (including phenoxy) is 2. The van der Waals surface area contributed by atoms with E-state index < -0.39 is 12.0 Å². The molecule has 0 unspecified atom stereocenters. The van der Waals surface area contributed by atoms with Gasteiger partial charge in [0.15, 0.2) is 11.4 Å². The molecule has 0 saturated carbocycles. The zero-order valence-corrected chi connectivity index (χ0v) is 19.0. The van der Waals surface area contributed by atoms with Crippen molar-refractivity contribution in [3.63, 3.8) is 0 Å². The average Bonchev–Trinajstić information content (AvgIpc) is 3.41. The zero-order valence-electron chi connectivity index (χ0n) is 17.4. The number of hydrogen-bond donors (Lipinski definition) is 0. The second-order valence-electron chi connectivity index (χ2n) is 6.84. The Bertz CT molecular complexity index is 1410. The highest BCUT2D eigenvalue weighted by molar-refractivity contribution is 7.10. The molecular formula is C23H19N3O4S2. The molecule has 0 N–H and O–H groups in total. The number of thiazole rings is 1. The van der Waals surface area contributed by atoms with Gasteiger partial charge in [-0.2, -0.15) is 5.26 Å². The molecule has 0 amide bonds. The van der Waals surface area contributed by atoms with Crippen LogP contribution in [-0.4, -0.2) is 23.8 Å². The summed E-state index contributed by atoms with van der Waals surface area (Å²) < 4.78 is 12.7. The lowest BCUT2D eigenvalue weighted by Gasteiger charge is -2.23. The molecule has 0 aliphatic carbocycles. The Morgan fingerprint density at radius 2 is 2.19 bits per heavy atom. The maximum absolute atomic E-state index is 13.5. The SMILES string of the molecule is CCOC(=O)C1=C(C)N=c2s/c(=C\c3cccc(OCC#N)c3)c(=O)n2[C@@H]1c1cccs1. The number of thiophene rings is 1. The molecule has 1 aliphatic rings.